The highest BCUT2D eigenvalue weighted by molar-refractivity contribution is 6.03. The Balaban J connectivity index is 1.87. The lowest BCUT2D eigenvalue weighted by Gasteiger charge is -2.12. The lowest BCUT2D eigenvalue weighted by molar-refractivity contribution is 0.0943. The number of carbonyl (C=O) groups excluding carboxylic acids is 1. The van der Waals surface area contributed by atoms with E-state index in [0.29, 0.717) is 17.5 Å². The van der Waals surface area contributed by atoms with Gasteiger partial charge < -0.3 is 10.4 Å². The van der Waals surface area contributed by atoms with Gasteiger partial charge in [0.1, 0.15) is 5.75 Å². The van der Waals surface area contributed by atoms with Gasteiger partial charge in [0.15, 0.2) is 0 Å². The third kappa shape index (κ3) is 2.28. The maximum atomic E-state index is 12.1. The van der Waals surface area contributed by atoms with Crippen LogP contribution in [0.25, 0.3) is 10.8 Å². The number of hydrogen-bond acceptors (Lipinski definition) is 2. The number of rotatable bonds is 3. The molecule has 0 atom stereocenters. The summed E-state index contributed by atoms with van der Waals surface area (Å²) in [6, 6.07) is 11.1. The first-order valence-corrected chi connectivity index (χ1v) is 6.58. The molecule has 3 rings (SSSR count). The molecule has 2 aromatic carbocycles. The number of benzene rings is 2. The molecule has 1 amide bonds. The van der Waals surface area contributed by atoms with Gasteiger partial charge in [-0.1, -0.05) is 37.3 Å². The van der Waals surface area contributed by atoms with Crippen molar-refractivity contribution in [3.05, 3.63) is 42.0 Å². The minimum absolute atomic E-state index is 0.0662. The lowest BCUT2D eigenvalue weighted by Crippen LogP contribution is -2.29. The maximum absolute atomic E-state index is 12.1. The molecule has 0 heterocycles. The molecular weight excluding hydrogens is 238 g/mol. The number of carbonyl (C=O) groups is 1. The molecular formula is C16H17NO2. The number of amides is 1. The molecule has 1 aliphatic rings. The second kappa shape index (κ2) is 4.26. The molecule has 0 aromatic heterocycles. The Labute approximate surface area is 112 Å². The summed E-state index contributed by atoms with van der Waals surface area (Å²) < 4.78 is 0. The molecule has 0 unspecified atom stereocenters. The summed E-state index contributed by atoms with van der Waals surface area (Å²) in [7, 11) is 0. The lowest BCUT2D eigenvalue weighted by atomic mass is 10.0. The van der Waals surface area contributed by atoms with Crippen LogP contribution in [0.4, 0.5) is 0 Å². The summed E-state index contributed by atoms with van der Waals surface area (Å²) >= 11 is 0. The zero-order valence-corrected chi connectivity index (χ0v) is 10.9. The van der Waals surface area contributed by atoms with Crippen molar-refractivity contribution in [2.45, 2.75) is 19.8 Å². The van der Waals surface area contributed by atoms with Crippen LogP contribution in [0.1, 0.15) is 30.1 Å². The van der Waals surface area contributed by atoms with Crippen LogP contribution in [0.5, 0.6) is 5.75 Å². The summed E-state index contributed by atoms with van der Waals surface area (Å²) in [5, 5.41) is 14.8. The number of aromatic hydroxyl groups is 1. The van der Waals surface area contributed by atoms with E-state index in [1.807, 2.05) is 30.3 Å². The topological polar surface area (TPSA) is 49.3 Å². The Morgan fingerprint density at radius 2 is 2.00 bits per heavy atom. The molecule has 0 radical (unpaired) electrons. The maximum Gasteiger partial charge on any atom is 0.255 e. The zero-order chi connectivity index (χ0) is 13.5. The number of phenols is 1. The van der Waals surface area contributed by atoms with E-state index in [2.05, 4.69) is 12.2 Å². The van der Waals surface area contributed by atoms with Gasteiger partial charge in [0.05, 0.1) is 5.56 Å². The predicted octanol–water partition coefficient (Wildman–Crippen LogP) is 3.08. The zero-order valence-electron chi connectivity index (χ0n) is 10.9. The summed E-state index contributed by atoms with van der Waals surface area (Å²) in [6.07, 6.45) is 2.33. The van der Waals surface area contributed by atoms with E-state index in [4.69, 9.17) is 0 Å². The smallest absolute Gasteiger partial charge is 0.255 e. The van der Waals surface area contributed by atoms with Gasteiger partial charge in [0.25, 0.3) is 5.91 Å². The summed E-state index contributed by atoms with van der Waals surface area (Å²) in [5.41, 5.74) is 0.616. The van der Waals surface area contributed by atoms with Crippen molar-refractivity contribution in [3.8, 4) is 5.75 Å². The van der Waals surface area contributed by atoms with Crippen LogP contribution in [0.15, 0.2) is 36.4 Å². The van der Waals surface area contributed by atoms with E-state index in [9.17, 15) is 9.90 Å². The molecule has 0 bridgehead atoms. The number of nitrogens with one attached hydrogen (secondary N) is 1. The van der Waals surface area contributed by atoms with Crippen LogP contribution in [-0.4, -0.2) is 17.6 Å². The van der Waals surface area contributed by atoms with Gasteiger partial charge in [0.2, 0.25) is 0 Å². The Morgan fingerprint density at radius 3 is 2.74 bits per heavy atom. The normalized spacial score (nSPS) is 16.3. The predicted molar refractivity (Wildman–Crippen MR) is 75.3 cm³/mol. The molecule has 3 heteroatoms. The minimum atomic E-state index is -0.198. The van der Waals surface area contributed by atoms with Gasteiger partial charge in [-0.3, -0.25) is 4.79 Å². The molecule has 1 fully saturated rings. The molecule has 1 aliphatic carbocycles. The minimum Gasteiger partial charge on any atom is -0.506 e. The summed E-state index contributed by atoms with van der Waals surface area (Å²) in [5.74, 6) is -0.132. The first-order valence-electron chi connectivity index (χ1n) is 6.58. The van der Waals surface area contributed by atoms with Gasteiger partial charge >= 0.3 is 0 Å². The molecule has 0 saturated heterocycles. The molecule has 0 aliphatic heterocycles. The van der Waals surface area contributed by atoms with Crippen LogP contribution in [0.2, 0.25) is 0 Å². The summed E-state index contributed by atoms with van der Waals surface area (Å²) in [6.45, 7) is 2.84. The van der Waals surface area contributed by atoms with E-state index in [1.165, 1.54) is 0 Å². The first kappa shape index (κ1) is 12.0. The number of hydrogen-bond donors (Lipinski definition) is 2. The highest BCUT2D eigenvalue weighted by atomic mass is 16.3. The fraction of sp³-hybridized carbons (Fsp3) is 0.312. The van der Waals surface area contributed by atoms with Crippen molar-refractivity contribution in [1.29, 1.82) is 0 Å². The Bertz CT molecular complexity index is 644. The fourth-order valence-electron chi connectivity index (χ4n) is 2.22. The second-order valence-corrected chi connectivity index (χ2v) is 5.68. The first-order chi connectivity index (χ1) is 9.09. The monoisotopic (exact) mass is 255 g/mol. The van der Waals surface area contributed by atoms with Crippen molar-refractivity contribution in [2.24, 2.45) is 5.41 Å². The van der Waals surface area contributed by atoms with Crippen molar-refractivity contribution >= 4 is 16.7 Å². The Morgan fingerprint density at radius 1 is 1.26 bits per heavy atom. The van der Waals surface area contributed by atoms with Gasteiger partial charge in [-0.25, -0.2) is 0 Å². The fourth-order valence-corrected chi connectivity index (χ4v) is 2.22. The van der Waals surface area contributed by atoms with Crippen LogP contribution in [0.3, 0.4) is 0 Å². The molecule has 0 spiro atoms. The van der Waals surface area contributed by atoms with E-state index in [0.717, 1.165) is 18.2 Å². The molecule has 1 saturated carbocycles. The number of phenolic OH excluding ortho intramolecular Hbond substituents is 1. The van der Waals surface area contributed by atoms with Gasteiger partial charge in [-0.2, -0.15) is 0 Å². The van der Waals surface area contributed by atoms with E-state index >= 15 is 0 Å². The van der Waals surface area contributed by atoms with Crippen molar-refractivity contribution in [3.63, 3.8) is 0 Å². The summed E-state index contributed by atoms with van der Waals surface area (Å²) in [4.78, 5) is 12.1. The Hall–Kier alpha value is -2.03. The van der Waals surface area contributed by atoms with Crippen LogP contribution < -0.4 is 5.32 Å². The molecule has 98 valence electrons. The quantitative estimate of drug-likeness (QED) is 0.885. The largest absolute Gasteiger partial charge is 0.506 e. The van der Waals surface area contributed by atoms with E-state index in [-0.39, 0.29) is 17.1 Å². The molecule has 2 N–H and O–H groups in total. The highest BCUT2D eigenvalue weighted by Crippen LogP contribution is 2.44. The van der Waals surface area contributed by atoms with Gasteiger partial charge in [-0.05, 0) is 29.7 Å². The van der Waals surface area contributed by atoms with E-state index < -0.39 is 0 Å². The third-order valence-electron chi connectivity index (χ3n) is 3.92. The average molecular weight is 255 g/mol. The van der Waals surface area contributed by atoms with Crippen LogP contribution in [-0.2, 0) is 0 Å². The van der Waals surface area contributed by atoms with Crippen molar-refractivity contribution < 1.29 is 9.90 Å². The van der Waals surface area contributed by atoms with Crippen molar-refractivity contribution in [2.75, 3.05) is 6.54 Å². The number of fused-ring (bicyclic) bond motifs is 1. The standard InChI is InChI=1S/C16H17NO2/c1-16(8-9-16)10-17-15(19)13-7-6-11-4-2-3-5-12(11)14(13)18/h2-7,18H,8-10H2,1H3,(H,17,19). The third-order valence-corrected chi connectivity index (χ3v) is 3.92. The second-order valence-electron chi connectivity index (χ2n) is 5.68. The van der Waals surface area contributed by atoms with Gasteiger partial charge in [-0.15, -0.1) is 0 Å². The Kier molecular flexibility index (Phi) is 2.70. The molecule has 2 aromatic rings. The van der Waals surface area contributed by atoms with Crippen LogP contribution >= 0.6 is 0 Å². The van der Waals surface area contributed by atoms with E-state index in [1.54, 1.807) is 6.07 Å². The molecule has 3 nitrogen and oxygen atoms in total. The van der Waals surface area contributed by atoms with Gasteiger partial charge in [0, 0.05) is 11.9 Å². The highest BCUT2D eigenvalue weighted by Gasteiger charge is 2.37. The van der Waals surface area contributed by atoms with Crippen LogP contribution in [0, 0.1) is 5.41 Å². The molecule has 19 heavy (non-hydrogen) atoms. The SMILES string of the molecule is CC1(CNC(=O)c2ccc3ccccc3c2O)CC1. The van der Waals surface area contributed by atoms with Crippen molar-refractivity contribution in [1.82, 2.24) is 5.32 Å². The average Bonchev–Trinajstić information content (AvgIpc) is 3.15.